The van der Waals surface area contributed by atoms with Crippen LogP contribution in [-0.4, -0.2) is 48.6 Å². The molecule has 1 aliphatic heterocycles. The summed E-state index contributed by atoms with van der Waals surface area (Å²) in [6.45, 7) is 0.872. The molecule has 0 unspecified atom stereocenters. The fourth-order valence-corrected chi connectivity index (χ4v) is 6.44. The third-order valence-electron chi connectivity index (χ3n) is 6.78. The minimum atomic E-state index is -3.70. The van der Waals surface area contributed by atoms with Crippen LogP contribution in [0, 0.1) is 11.6 Å². The van der Waals surface area contributed by atoms with Crippen LogP contribution in [0.2, 0.25) is 0 Å². The lowest BCUT2D eigenvalue weighted by molar-refractivity contribution is -0.0559. The van der Waals surface area contributed by atoms with Crippen LogP contribution >= 0.6 is 11.3 Å². The second kappa shape index (κ2) is 11.1. The number of likely N-dealkylation sites (tertiary alicyclic amines) is 1. The number of nitrogens with one attached hydrogen (secondary N) is 1. The van der Waals surface area contributed by atoms with E-state index >= 15 is 0 Å². The number of aryl methyl sites for hydroxylation is 1. The number of carbonyl (C=O) groups excluding carboxylic acids is 1. The molecule has 0 saturated carbocycles. The molecular weight excluding hydrogens is 598 g/mol. The van der Waals surface area contributed by atoms with Crippen LogP contribution < -0.4 is 15.0 Å². The maximum absolute atomic E-state index is 14.5. The van der Waals surface area contributed by atoms with E-state index in [1.165, 1.54) is 49.0 Å². The van der Waals surface area contributed by atoms with Crippen molar-refractivity contribution in [1.29, 1.82) is 0 Å². The molecular formula is C28H25F4N3O5S2. The Morgan fingerprint density at radius 3 is 2.52 bits per heavy atom. The summed E-state index contributed by atoms with van der Waals surface area (Å²) in [7, 11) is -2.23. The Hall–Kier alpha value is -3.91. The molecule has 1 aliphatic rings. The Bertz CT molecular complexity index is 1870. The second-order valence-corrected chi connectivity index (χ2v) is 13.0. The van der Waals surface area contributed by atoms with Crippen molar-refractivity contribution in [2.24, 2.45) is 7.05 Å². The molecule has 222 valence electrons. The van der Waals surface area contributed by atoms with Gasteiger partial charge in [0.15, 0.2) is 11.6 Å². The Morgan fingerprint density at radius 2 is 1.83 bits per heavy atom. The number of thiophene rings is 1. The van der Waals surface area contributed by atoms with E-state index in [1.54, 1.807) is 0 Å². The minimum absolute atomic E-state index is 0.0388. The van der Waals surface area contributed by atoms with Gasteiger partial charge in [0.1, 0.15) is 11.6 Å². The SMILES string of the molecule is CCS(=O)(=O)Nc1ccc(Oc2ccc(F)cc2F)c(-c2cn(C)c(=O)c3cc(C(=O)N4CCCC(F)(F)C4)sc23)c1. The van der Waals surface area contributed by atoms with Crippen molar-refractivity contribution in [3.8, 4) is 22.6 Å². The van der Waals surface area contributed by atoms with Crippen LogP contribution in [-0.2, 0) is 17.1 Å². The van der Waals surface area contributed by atoms with Gasteiger partial charge < -0.3 is 14.2 Å². The van der Waals surface area contributed by atoms with Gasteiger partial charge in [-0.05, 0) is 49.7 Å². The second-order valence-electron chi connectivity index (χ2n) is 9.89. The molecule has 14 heteroatoms. The number of alkyl halides is 2. The van der Waals surface area contributed by atoms with Gasteiger partial charge in [-0.25, -0.2) is 26.0 Å². The molecule has 5 rings (SSSR count). The number of ether oxygens (including phenoxy) is 1. The van der Waals surface area contributed by atoms with E-state index < -0.39 is 45.6 Å². The number of sulfonamides is 1. The van der Waals surface area contributed by atoms with Gasteiger partial charge in [0, 0.05) is 49.1 Å². The molecule has 1 N–H and O–H groups in total. The number of piperidine rings is 1. The van der Waals surface area contributed by atoms with E-state index in [-0.39, 0.29) is 58.2 Å². The molecule has 3 heterocycles. The summed E-state index contributed by atoms with van der Waals surface area (Å²) in [5, 5.41) is 0.130. The summed E-state index contributed by atoms with van der Waals surface area (Å²) >= 11 is 0.920. The van der Waals surface area contributed by atoms with Gasteiger partial charge in [-0.2, -0.15) is 0 Å². The van der Waals surface area contributed by atoms with Gasteiger partial charge in [0.05, 0.1) is 27.3 Å². The van der Waals surface area contributed by atoms with E-state index in [0.717, 1.165) is 28.4 Å². The number of hydrogen-bond acceptors (Lipinski definition) is 6. The van der Waals surface area contributed by atoms with Gasteiger partial charge in [0.2, 0.25) is 10.0 Å². The molecule has 1 fully saturated rings. The molecule has 0 atom stereocenters. The zero-order chi connectivity index (χ0) is 30.4. The van der Waals surface area contributed by atoms with Crippen LogP contribution in [0.25, 0.3) is 21.2 Å². The molecule has 2 aromatic heterocycles. The molecule has 2 aromatic carbocycles. The summed E-state index contributed by atoms with van der Waals surface area (Å²) in [5.74, 6) is -5.93. The highest BCUT2D eigenvalue weighted by Crippen LogP contribution is 2.42. The van der Waals surface area contributed by atoms with Crippen LogP contribution in [0.1, 0.15) is 29.4 Å². The fraction of sp³-hybridized carbons (Fsp3) is 0.286. The molecule has 0 bridgehead atoms. The molecule has 0 radical (unpaired) electrons. The maximum Gasteiger partial charge on any atom is 0.265 e. The number of fused-ring (bicyclic) bond motifs is 1. The number of carbonyl (C=O) groups is 1. The number of hydrogen-bond donors (Lipinski definition) is 1. The zero-order valence-electron chi connectivity index (χ0n) is 22.4. The Kier molecular flexibility index (Phi) is 7.79. The van der Waals surface area contributed by atoms with Crippen molar-refractivity contribution >= 4 is 43.0 Å². The summed E-state index contributed by atoms with van der Waals surface area (Å²) in [6.07, 6.45) is 1.27. The lowest BCUT2D eigenvalue weighted by Gasteiger charge is -2.32. The Morgan fingerprint density at radius 1 is 1.10 bits per heavy atom. The molecule has 0 aliphatic carbocycles. The first-order valence-corrected chi connectivity index (χ1v) is 15.3. The quantitative estimate of drug-likeness (QED) is 0.256. The lowest BCUT2D eigenvalue weighted by Crippen LogP contribution is -2.45. The van der Waals surface area contributed by atoms with Gasteiger partial charge in [-0.3, -0.25) is 14.3 Å². The molecule has 4 aromatic rings. The van der Waals surface area contributed by atoms with Crippen LogP contribution in [0.4, 0.5) is 23.2 Å². The number of aromatic nitrogens is 1. The maximum atomic E-state index is 14.5. The van der Waals surface area contributed by atoms with E-state index in [0.29, 0.717) is 16.3 Å². The number of amides is 1. The predicted molar refractivity (Wildman–Crippen MR) is 152 cm³/mol. The highest BCUT2D eigenvalue weighted by molar-refractivity contribution is 7.92. The van der Waals surface area contributed by atoms with E-state index in [4.69, 9.17) is 4.74 Å². The van der Waals surface area contributed by atoms with Gasteiger partial charge in [-0.15, -0.1) is 11.3 Å². The topological polar surface area (TPSA) is 97.7 Å². The Balaban J connectivity index is 1.67. The molecule has 1 amide bonds. The minimum Gasteiger partial charge on any atom is -0.454 e. The first kappa shape index (κ1) is 29.6. The van der Waals surface area contributed by atoms with Crippen molar-refractivity contribution < 1.29 is 35.5 Å². The van der Waals surface area contributed by atoms with Crippen molar-refractivity contribution in [2.45, 2.75) is 25.7 Å². The normalized spacial score (nSPS) is 15.1. The van der Waals surface area contributed by atoms with E-state index in [1.807, 2.05) is 0 Å². The fourth-order valence-electron chi connectivity index (χ4n) is 4.66. The van der Waals surface area contributed by atoms with Crippen molar-refractivity contribution in [3.05, 3.63) is 75.5 Å². The van der Waals surface area contributed by atoms with Crippen molar-refractivity contribution in [1.82, 2.24) is 9.47 Å². The molecule has 42 heavy (non-hydrogen) atoms. The number of pyridine rings is 1. The van der Waals surface area contributed by atoms with E-state index in [2.05, 4.69) is 4.72 Å². The van der Waals surface area contributed by atoms with Crippen LogP contribution in [0.5, 0.6) is 11.5 Å². The molecule has 8 nitrogen and oxygen atoms in total. The van der Waals surface area contributed by atoms with Gasteiger partial charge >= 0.3 is 0 Å². The molecule has 0 spiro atoms. The Labute approximate surface area is 242 Å². The van der Waals surface area contributed by atoms with Gasteiger partial charge in [0.25, 0.3) is 17.4 Å². The number of anilines is 1. The highest BCUT2D eigenvalue weighted by atomic mass is 32.2. The van der Waals surface area contributed by atoms with Crippen LogP contribution in [0.3, 0.4) is 0 Å². The first-order chi connectivity index (χ1) is 19.8. The van der Waals surface area contributed by atoms with Crippen molar-refractivity contribution in [2.75, 3.05) is 23.6 Å². The highest BCUT2D eigenvalue weighted by Gasteiger charge is 2.38. The van der Waals surface area contributed by atoms with E-state index in [9.17, 15) is 35.6 Å². The summed E-state index contributed by atoms with van der Waals surface area (Å²) in [4.78, 5) is 27.5. The van der Waals surface area contributed by atoms with Gasteiger partial charge in [-0.1, -0.05) is 0 Å². The standard InChI is InChI=1S/C28H25F4N3O5S2/c1-3-42(38,39)33-17-6-8-22(40-23-7-5-16(29)11-21(23)30)18(12-17)20-14-34(2)26(36)19-13-24(41-25(19)20)27(37)35-10-4-9-28(31,32)15-35/h5-8,11-14,33H,3-4,9-10,15H2,1-2H3. The summed E-state index contributed by atoms with van der Waals surface area (Å²) < 4.78 is 90.5. The van der Waals surface area contributed by atoms with Crippen LogP contribution in [0.15, 0.2) is 53.5 Å². The average molecular weight is 624 g/mol. The lowest BCUT2D eigenvalue weighted by atomic mass is 10.0. The summed E-state index contributed by atoms with van der Waals surface area (Å²) in [5.41, 5.74) is 0.239. The number of benzene rings is 2. The largest absolute Gasteiger partial charge is 0.454 e. The third-order valence-corrected chi connectivity index (χ3v) is 9.24. The number of rotatable bonds is 7. The smallest absolute Gasteiger partial charge is 0.265 e. The number of halogens is 4. The number of nitrogens with zero attached hydrogens (tertiary/aromatic N) is 2. The average Bonchev–Trinajstić information content (AvgIpc) is 3.38. The molecule has 1 saturated heterocycles. The zero-order valence-corrected chi connectivity index (χ0v) is 24.1. The summed E-state index contributed by atoms with van der Waals surface area (Å²) in [6, 6.07) is 8.30. The predicted octanol–water partition coefficient (Wildman–Crippen LogP) is 5.97. The van der Waals surface area contributed by atoms with Crippen molar-refractivity contribution in [3.63, 3.8) is 0 Å². The first-order valence-electron chi connectivity index (χ1n) is 12.8. The monoisotopic (exact) mass is 623 g/mol. The third kappa shape index (κ3) is 6.00.